The highest BCUT2D eigenvalue weighted by Gasteiger charge is 2.44. The topological polar surface area (TPSA) is 70.8 Å². The normalized spacial score (nSPS) is 15.8. The van der Waals surface area contributed by atoms with Crippen LogP contribution in [0.15, 0.2) is 34.7 Å². The summed E-state index contributed by atoms with van der Waals surface area (Å²) in [5.74, 6) is -0.765. The number of furan rings is 1. The molecule has 3 rings (SSSR count). The molecule has 1 aliphatic carbocycles. The number of carboxylic acids is 1. The quantitative estimate of drug-likeness (QED) is 0.879. The highest BCUT2D eigenvalue weighted by Crippen LogP contribution is 2.42. The van der Waals surface area contributed by atoms with Crippen molar-refractivity contribution < 1.29 is 23.5 Å². The van der Waals surface area contributed by atoms with E-state index in [0.29, 0.717) is 29.9 Å². The number of carboxylic acid groups (broad SMARTS) is 1. The average molecular weight is 359 g/mol. The minimum absolute atomic E-state index is 0.0912. The highest BCUT2D eigenvalue weighted by molar-refractivity contribution is 5.89. The Hall–Kier alpha value is -2.63. The lowest BCUT2D eigenvalue weighted by Gasteiger charge is -2.32. The Balaban J connectivity index is 1.86. The van der Waals surface area contributed by atoms with Gasteiger partial charge in [-0.2, -0.15) is 0 Å². The summed E-state index contributed by atoms with van der Waals surface area (Å²) >= 11 is 0. The van der Waals surface area contributed by atoms with Crippen molar-refractivity contribution in [2.24, 2.45) is 0 Å². The molecule has 0 spiro atoms. The zero-order chi connectivity index (χ0) is 18.9. The molecule has 1 amide bonds. The molecule has 1 aromatic heterocycles. The molecule has 2 aromatic rings. The van der Waals surface area contributed by atoms with Gasteiger partial charge in [-0.1, -0.05) is 25.0 Å². The van der Waals surface area contributed by atoms with Gasteiger partial charge in [-0.05, 0) is 43.5 Å². The van der Waals surface area contributed by atoms with Crippen molar-refractivity contribution in [2.75, 3.05) is 7.05 Å². The second-order valence-electron chi connectivity index (χ2n) is 6.95. The van der Waals surface area contributed by atoms with E-state index in [9.17, 15) is 14.0 Å². The lowest BCUT2D eigenvalue weighted by Crippen LogP contribution is -2.43. The van der Waals surface area contributed by atoms with Crippen molar-refractivity contribution >= 4 is 11.9 Å². The number of hydrogen-bond donors (Lipinski definition) is 1. The summed E-state index contributed by atoms with van der Waals surface area (Å²) in [5, 5.41) is 9.13. The Bertz CT molecular complexity index is 836. The molecular weight excluding hydrogens is 337 g/mol. The summed E-state index contributed by atoms with van der Waals surface area (Å²) in [6.07, 6.45) is 3.19. The van der Waals surface area contributed by atoms with Crippen LogP contribution in [0, 0.1) is 12.7 Å². The number of halogens is 1. The van der Waals surface area contributed by atoms with E-state index in [1.165, 1.54) is 18.2 Å². The molecule has 0 saturated heterocycles. The Labute approximate surface area is 151 Å². The molecule has 1 fully saturated rings. The summed E-state index contributed by atoms with van der Waals surface area (Å²) in [7, 11) is 1.67. The third-order valence-electron chi connectivity index (χ3n) is 5.18. The Kier molecular flexibility index (Phi) is 4.85. The van der Waals surface area contributed by atoms with E-state index in [-0.39, 0.29) is 23.8 Å². The van der Waals surface area contributed by atoms with Crippen molar-refractivity contribution in [3.8, 4) is 0 Å². The minimum Gasteiger partial charge on any atom is -0.478 e. The summed E-state index contributed by atoms with van der Waals surface area (Å²) in [5.41, 5.74) is 0.0731. The molecular formula is C20H22FNO4. The average Bonchev–Trinajstić information content (AvgIpc) is 3.22. The molecule has 1 saturated carbocycles. The van der Waals surface area contributed by atoms with Crippen molar-refractivity contribution in [1.29, 1.82) is 0 Å². The van der Waals surface area contributed by atoms with E-state index in [2.05, 4.69) is 0 Å². The van der Waals surface area contributed by atoms with Crippen LogP contribution < -0.4 is 0 Å². The second kappa shape index (κ2) is 6.94. The van der Waals surface area contributed by atoms with Gasteiger partial charge in [0.05, 0.1) is 12.0 Å². The van der Waals surface area contributed by atoms with E-state index in [1.54, 1.807) is 31.0 Å². The predicted molar refractivity (Wildman–Crippen MR) is 93.4 cm³/mol. The zero-order valence-corrected chi connectivity index (χ0v) is 14.9. The Morgan fingerprint density at radius 3 is 2.54 bits per heavy atom. The first-order chi connectivity index (χ1) is 12.3. The van der Waals surface area contributed by atoms with E-state index >= 15 is 0 Å². The molecule has 0 bridgehead atoms. The third kappa shape index (κ3) is 3.23. The molecule has 1 heterocycles. The SMILES string of the molecule is Cc1oc(CN(C)C(=O)C2(c3cccc(F)c3)CCCC2)cc1C(=O)O. The van der Waals surface area contributed by atoms with Crippen LogP contribution in [0.2, 0.25) is 0 Å². The fraction of sp³-hybridized carbons (Fsp3) is 0.400. The van der Waals surface area contributed by atoms with Gasteiger partial charge in [0, 0.05) is 7.05 Å². The second-order valence-corrected chi connectivity index (χ2v) is 6.95. The maximum Gasteiger partial charge on any atom is 0.339 e. The van der Waals surface area contributed by atoms with Crippen LogP contribution in [0.4, 0.5) is 4.39 Å². The first-order valence-corrected chi connectivity index (χ1v) is 8.68. The first kappa shape index (κ1) is 18.2. The summed E-state index contributed by atoms with van der Waals surface area (Å²) in [6, 6.07) is 7.70. The van der Waals surface area contributed by atoms with Gasteiger partial charge in [-0.3, -0.25) is 4.79 Å². The van der Waals surface area contributed by atoms with Crippen molar-refractivity contribution in [3.63, 3.8) is 0 Å². The number of aryl methyl sites for hydroxylation is 1. The fourth-order valence-electron chi connectivity index (χ4n) is 3.90. The number of carbonyl (C=O) groups is 2. The molecule has 1 aromatic carbocycles. The molecule has 1 aliphatic rings. The predicted octanol–water partition coefficient (Wildman–Crippen LogP) is 3.90. The number of carbonyl (C=O) groups excluding carboxylic acids is 1. The van der Waals surface area contributed by atoms with Crippen LogP contribution in [-0.2, 0) is 16.8 Å². The van der Waals surface area contributed by atoms with Gasteiger partial charge in [-0.15, -0.1) is 0 Å². The summed E-state index contributed by atoms with van der Waals surface area (Å²) in [6.45, 7) is 1.75. The first-order valence-electron chi connectivity index (χ1n) is 8.68. The van der Waals surface area contributed by atoms with Crippen LogP contribution in [0.3, 0.4) is 0 Å². The van der Waals surface area contributed by atoms with Crippen LogP contribution in [0.5, 0.6) is 0 Å². The molecule has 6 heteroatoms. The van der Waals surface area contributed by atoms with Gasteiger partial charge in [0.2, 0.25) is 5.91 Å². The van der Waals surface area contributed by atoms with E-state index in [4.69, 9.17) is 9.52 Å². The number of hydrogen-bond acceptors (Lipinski definition) is 3. The van der Waals surface area contributed by atoms with E-state index < -0.39 is 11.4 Å². The molecule has 5 nitrogen and oxygen atoms in total. The van der Waals surface area contributed by atoms with Crippen LogP contribution in [0.25, 0.3) is 0 Å². The van der Waals surface area contributed by atoms with Gasteiger partial charge >= 0.3 is 5.97 Å². The molecule has 0 atom stereocenters. The van der Waals surface area contributed by atoms with Crippen molar-refractivity contribution in [3.05, 3.63) is 58.8 Å². The molecule has 138 valence electrons. The minimum atomic E-state index is -1.06. The van der Waals surface area contributed by atoms with Gasteiger partial charge < -0.3 is 14.4 Å². The lowest BCUT2D eigenvalue weighted by atomic mass is 9.77. The highest BCUT2D eigenvalue weighted by atomic mass is 19.1. The Morgan fingerprint density at radius 2 is 1.96 bits per heavy atom. The molecule has 0 aliphatic heterocycles. The standard InChI is InChI=1S/C20H22FNO4/c1-13-17(18(23)24)11-16(26-13)12-22(2)19(25)20(8-3-4-9-20)14-6-5-7-15(21)10-14/h5-7,10-11H,3-4,8-9,12H2,1-2H3,(H,23,24). The largest absolute Gasteiger partial charge is 0.478 e. The van der Waals surface area contributed by atoms with E-state index in [0.717, 1.165) is 12.8 Å². The Morgan fingerprint density at radius 1 is 1.27 bits per heavy atom. The number of amides is 1. The third-order valence-corrected chi connectivity index (χ3v) is 5.18. The zero-order valence-electron chi connectivity index (χ0n) is 14.9. The number of benzene rings is 1. The van der Waals surface area contributed by atoms with Gasteiger partial charge in [0.1, 0.15) is 22.9 Å². The van der Waals surface area contributed by atoms with Crippen molar-refractivity contribution in [2.45, 2.75) is 44.6 Å². The fourth-order valence-corrected chi connectivity index (χ4v) is 3.90. The van der Waals surface area contributed by atoms with Crippen LogP contribution >= 0.6 is 0 Å². The monoisotopic (exact) mass is 359 g/mol. The number of rotatable bonds is 5. The van der Waals surface area contributed by atoms with E-state index in [1.807, 2.05) is 0 Å². The molecule has 26 heavy (non-hydrogen) atoms. The molecule has 0 unspecified atom stereocenters. The van der Waals surface area contributed by atoms with Gasteiger partial charge in [0.15, 0.2) is 0 Å². The van der Waals surface area contributed by atoms with Crippen molar-refractivity contribution in [1.82, 2.24) is 4.90 Å². The maximum absolute atomic E-state index is 13.7. The maximum atomic E-state index is 13.7. The van der Waals surface area contributed by atoms with Crippen LogP contribution in [-0.4, -0.2) is 28.9 Å². The summed E-state index contributed by atoms with van der Waals surface area (Å²) < 4.78 is 19.2. The summed E-state index contributed by atoms with van der Waals surface area (Å²) in [4.78, 5) is 26.0. The number of nitrogens with zero attached hydrogens (tertiary/aromatic N) is 1. The number of likely N-dealkylation sites (N-methyl/N-ethyl adjacent to an activating group) is 1. The number of aromatic carboxylic acids is 1. The van der Waals surface area contributed by atoms with Gasteiger partial charge in [-0.25, -0.2) is 9.18 Å². The van der Waals surface area contributed by atoms with Gasteiger partial charge in [0.25, 0.3) is 0 Å². The molecule has 0 radical (unpaired) electrons. The smallest absolute Gasteiger partial charge is 0.339 e. The lowest BCUT2D eigenvalue weighted by molar-refractivity contribution is -0.136. The molecule has 1 N–H and O–H groups in total. The van der Waals surface area contributed by atoms with Crippen LogP contribution in [0.1, 0.15) is 53.1 Å².